The fraction of sp³-hybridized carbons (Fsp3) is 1.00. The summed E-state index contributed by atoms with van der Waals surface area (Å²) in [6.07, 6.45) is 13.9. The highest BCUT2D eigenvalue weighted by atomic mass is 32.1. The summed E-state index contributed by atoms with van der Waals surface area (Å²) in [4.78, 5) is 4.86. The maximum Gasteiger partial charge on any atom is 0.106 e. The molecule has 180 valence electrons. The Kier molecular flexibility index (Phi) is 7.41. The number of hydrogen-bond donors (Lipinski definition) is 1. The summed E-state index contributed by atoms with van der Waals surface area (Å²) in [5, 5.41) is 0. The van der Waals surface area contributed by atoms with Crippen molar-refractivity contribution >= 4 is 12.6 Å². The minimum absolute atomic E-state index is 0.0347. The molecule has 2 aliphatic heterocycles. The largest absolute Gasteiger partial charge is 0.368 e. The van der Waals surface area contributed by atoms with Crippen LogP contribution in [0.15, 0.2) is 0 Å². The summed E-state index contributed by atoms with van der Waals surface area (Å²) in [5.74, 6) is 0.678. The number of likely N-dealkylation sites (tertiary alicyclic amines) is 2. The van der Waals surface area contributed by atoms with E-state index in [4.69, 9.17) is 22.1 Å². The van der Waals surface area contributed by atoms with E-state index in [9.17, 15) is 0 Å². The molecular formula is C26H48N2O2S. The molecule has 0 aromatic rings. The predicted octanol–water partition coefficient (Wildman–Crippen LogP) is 5.51. The second-order valence-electron chi connectivity index (χ2n) is 12.4. The Balaban J connectivity index is 1.37. The lowest BCUT2D eigenvalue weighted by molar-refractivity contribution is -0.156. The summed E-state index contributed by atoms with van der Waals surface area (Å²) in [5.41, 5.74) is -0.0180. The van der Waals surface area contributed by atoms with Gasteiger partial charge in [0.2, 0.25) is 0 Å². The molecule has 4 fully saturated rings. The van der Waals surface area contributed by atoms with Gasteiger partial charge < -0.3 is 19.3 Å². The van der Waals surface area contributed by atoms with Crippen LogP contribution in [0.1, 0.15) is 98.3 Å². The highest BCUT2D eigenvalue weighted by molar-refractivity contribution is 7.81. The molecule has 0 N–H and O–H groups in total. The Hall–Kier alpha value is 0.190. The van der Waals surface area contributed by atoms with E-state index >= 15 is 0 Å². The Morgan fingerprint density at radius 2 is 1.35 bits per heavy atom. The highest BCUT2D eigenvalue weighted by Gasteiger charge is 2.47. The fourth-order valence-electron chi connectivity index (χ4n) is 7.10. The van der Waals surface area contributed by atoms with Gasteiger partial charge in [0.05, 0.1) is 16.8 Å². The lowest BCUT2D eigenvalue weighted by atomic mass is 9.88. The lowest BCUT2D eigenvalue weighted by Gasteiger charge is -2.44. The van der Waals surface area contributed by atoms with E-state index < -0.39 is 0 Å². The van der Waals surface area contributed by atoms with Crippen LogP contribution in [0.4, 0.5) is 0 Å². The third-order valence-electron chi connectivity index (χ3n) is 8.09. The SMILES string of the molecule is CC(C)(S)OC1(CN2CCC2)CCC(CC(C)(C)OC2(CN3CCCC3)CCCC2)C1. The van der Waals surface area contributed by atoms with Crippen LogP contribution in [0.5, 0.6) is 0 Å². The van der Waals surface area contributed by atoms with Crippen molar-refractivity contribution in [3.63, 3.8) is 0 Å². The summed E-state index contributed by atoms with van der Waals surface area (Å²) in [7, 11) is 0. The lowest BCUT2D eigenvalue weighted by Crippen LogP contribution is -2.51. The van der Waals surface area contributed by atoms with Gasteiger partial charge in [-0.1, -0.05) is 12.8 Å². The van der Waals surface area contributed by atoms with Gasteiger partial charge in [0, 0.05) is 13.1 Å². The van der Waals surface area contributed by atoms with Crippen molar-refractivity contribution < 1.29 is 9.47 Å². The molecule has 0 aromatic heterocycles. The van der Waals surface area contributed by atoms with Crippen LogP contribution in [0.25, 0.3) is 0 Å². The second kappa shape index (κ2) is 9.44. The fourth-order valence-corrected chi connectivity index (χ4v) is 7.29. The molecule has 0 aromatic carbocycles. The standard InChI is InChI=1S/C26H48N2O2S/c1-23(2,29-25(11-5-6-12-25)20-27-14-7-8-15-27)18-22-10-13-26(19-22,30-24(3,4)31)21-28-16-9-17-28/h22,31H,5-21H2,1-4H3. The van der Waals surface area contributed by atoms with Crippen LogP contribution in [0.2, 0.25) is 0 Å². The van der Waals surface area contributed by atoms with Gasteiger partial charge in [-0.15, -0.1) is 12.6 Å². The van der Waals surface area contributed by atoms with Gasteiger partial charge in [-0.3, -0.25) is 0 Å². The molecule has 2 unspecified atom stereocenters. The van der Waals surface area contributed by atoms with Gasteiger partial charge in [0.1, 0.15) is 4.93 Å². The quantitative estimate of drug-likeness (QED) is 0.349. The molecule has 4 nitrogen and oxygen atoms in total. The summed E-state index contributed by atoms with van der Waals surface area (Å²) in [6, 6.07) is 0. The minimum Gasteiger partial charge on any atom is -0.368 e. The summed E-state index contributed by atoms with van der Waals surface area (Å²) < 4.78 is 13.7. The van der Waals surface area contributed by atoms with E-state index in [1.165, 1.54) is 77.5 Å². The Morgan fingerprint density at radius 1 is 0.774 bits per heavy atom. The van der Waals surface area contributed by atoms with Gasteiger partial charge in [-0.2, -0.15) is 0 Å². The van der Waals surface area contributed by atoms with Crippen LogP contribution >= 0.6 is 12.6 Å². The van der Waals surface area contributed by atoms with E-state index in [1.807, 2.05) is 0 Å². The molecule has 0 amide bonds. The zero-order chi connectivity index (χ0) is 22.2. The normalized spacial score (nSPS) is 32.6. The first-order valence-corrected chi connectivity index (χ1v) is 13.6. The summed E-state index contributed by atoms with van der Waals surface area (Å²) >= 11 is 4.74. The van der Waals surface area contributed by atoms with E-state index in [2.05, 4.69) is 37.5 Å². The zero-order valence-electron chi connectivity index (χ0n) is 20.8. The van der Waals surface area contributed by atoms with Crippen molar-refractivity contribution in [2.45, 2.75) is 120 Å². The topological polar surface area (TPSA) is 24.9 Å². The van der Waals surface area contributed by atoms with Crippen LogP contribution in [-0.4, -0.2) is 70.8 Å². The molecule has 2 atom stereocenters. The molecule has 2 aliphatic carbocycles. The first-order chi connectivity index (χ1) is 14.6. The Labute approximate surface area is 197 Å². The van der Waals surface area contributed by atoms with Crippen molar-refractivity contribution in [1.82, 2.24) is 9.80 Å². The van der Waals surface area contributed by atoms with E-state index in [-0.39, 0.29) is 21.7 Å². The average Bonchev–Trinajstić information content (AvgIpc) is 3.33. The van der Waals surface area contributed by atoms with Crippen LogP contribution in [0.3, 0.4) is 0 Å². The van der Waals surface area contributed by atoms with Gasteiger partial charge in [0.15, 0.2) is 0 Å². The molecule has 31 heavy (non-hydrogen) atoms. The number of hydrogen-bond acceptors (Lipinski definition) is 5. The van der Waals surface area contributed by atoms with Gasteiger partial charge >= 0.3 is 0 Å². The summed E-state index contributed by atoms with van der Waals surface area (Å²) in [6.45, 7) is 16.1. The Bertz CT molecular complexity index is 589. The van der Waals surface area contributed by atoms with Gasteiger partial charge in [-0.25, -0.2) is 0 Å². The Morgan fingerprint density at radius 3 is 1.90 bits per heavy atom. The van der Waals surface area contributed by atoms with Crippen molar-refractivity contribution in [3.05, 3.63) is 0 Å². The van der Waals surface area contributed by atoms with Crippen LogP contribution < -0.4 is 0 Å². The molecule has 5 heteroatoms. The molecular weight excluding hydrogens is 404 g/mol. The molecule has 2 saturated carbocycles. The molecule has 0 bridgehead atoms. The second-order valence-corrected chi connectivity index (χ2v) is 13.5. The maximum absolute atomic E-state index is 7.08. The predicted molar refractivity (Wildman–Crippen MR) is 132 cm³/mol. The monoisotopic (exact) mass is 452 g/mol. The van der Waals surface area contributed by atoms with E-state index in [0.29, 0.717) is 5.92 Å². The first-order valence-electron chi connectivity index (χ1n) is 13.1. The molecule has 0 radical (unpaired) electrons. The van der Waals surface area contributed by atoms with E-state index in [0.717, 1.165) is 32.4 Å². The smallest absolute Gasteiger partial charge is 0.106 e. The van der Waals surface area contributed by atoms with Gasteiger partial charge in [0.25, 0.3) is 0 Å². The minimum atomic E-state index is -0.380. The number of ether oxygens (including phenoxy) is 2. The van der Waals surface area contributed by atoms with Crippen LogP contribution in [-0.2, 0) is 9.47 Å². The number of rotatable bonds is 10. The third-order valence-corrected chi connectivity index (χ3v) is 8.19. The number of thiol groups is 1. The molecule has 4 rings (SSSR count). The zero-order valence-corrected chi connectivity index (χ0v) is 21.7. The van der Waals surface area contributed by atoms with Gasteiger partial charge in [-0.05, 0) is 118 Å². The van der Waals surface area contributed by atoms with Crippen molar-refractivity contribution in [3.8, 4) is 0 Å². The highest BCUT2D eigenvalue weighted by Crippen LogP contribution is 2.47. The van der Waals surface area contributed by atoms with Crippen molar-refractivity contribution in [2.24, 2.45) is 5.92 Å². The molecule has 0 spiro atoms. The maximum atomic E-state index is 7.08. The van der Waals surface area contributed by atoms with Crippen molar-refractivity contribution in [2.75, 3.05) is 39.3 Å². The van der Waals surface area contributed by atoms with Crippen molar-refractivity contribution in [1.29, 1.82) is 0 Å². The molecule has 2 heterocycles. The third kappa shape index (κ3) is 6.62. The van der Waals surface area contributed by atoms with Crippen LogP contribution in [0, 0.1) is 5.92 Å². The first kappa shape index (κ1) is 24.3. The van der Waals surface area contributed by atoms with E-state index in [1.54, 1.807) is 0 Å². The molecule has 4 aliphatic rings. The molecule has 2 saturated heterocycles. The average molecular weight is 453 g/mol. The number of nitrogens with zero attached hydrogens (tertiary/aromatic N) is 2.